The molecule has 0 saturated heterocycles. The fourth-order valence-corrected chi connectivity index (χ4v) is 2.70. The summed E-state index contributed by atoms with van der Waals surface area (Å²) in [4.78, 5) is 70.2. The monoisotopic (exact) mass is 484 g/mol. The largest absolute Gasteiger partial charge is 0.481 e. The van der Waals surface area contributed by atoms with Gasteiger partial charge < -0.3 is 37.4 Å². The molecule has 8 N–H and O–H groups in total. The van der Waals surface area contributed by atoms with Crippen LogP contribution in [0.1, 0.15) is 47.9 Å². The Hall–Kier alpha value is -4.78. The van der Waals surface area contributed by atoms with Gasteiger partial charge in [-0.05, 0) is 42.5 Å². The number of benzene rings is 2. The van der Waals surface area contributed by atoms with Gasteiger partial charge in [0.25, 0.3) is 23.6 Å². The highest BCUT2D eigenvalue weighted by atomic mass is 16.4. The van der Waals surface area contributed by atoms with E-state index in [0.29, 0.717) is 5.56 Å². The Morgan fingerprint density at radius 3 is 1.51 bits per heavy atom. The summed E-state index contributed by atoms with van der Waals surface area (Å²) >= 11 is 0. The summed E-state index contributed by atoms with van der Waals surface area (Å²) in [6.45, 7) is -0.494. The summed E-state index contributed by atoms with van der Waals surface area (Å²) in [6, 6.07) is 11.5. The first kappa shape index (κ1) is 26.5. The molecule has 0 unspecified atom stereocenters. The zero-order valence-electron chi connectivity index (χ0n) is 18.4. The SMILES string of the molecule is NCNC(=O)c1ccc(C(=O)NCNC(=O)c2cccc(C(=O)NCNC(=O)CC(=O)O)c2)cc1. The highest BCUT2D eigenvalue weighted by Gasteiger charge is 2.13. The first-order chi connectivity index (χ1) is 16.7. The molecule has 184 valence electrons. The van der Waals surface area contributed by atoms with E-state index >= 15 is 0 Å². The number of hydrogen-bond donors (Lipinski definition) is 7. The summed E-state index contributed by atoms with van der Waals surface area (Å²) in [6.07, 6.45) is -0.723. The van der Waals surface area contributed by atoms with Crippen LogP contribution >= 0.6 is 0 Å². The first-order valence-electron chi connectivity index (χ1n) is 10.2. The molecule has 0 aromatic heterocycles. The van der Waals surface area contributed by atoms with E-state index in [4.69, 9.17) is 10.8 Å². The van der Waals surface area contributed by atoms with Crippen molar-refractivity contribution < 1.29 is 33.9 Å². The molecule has 0 saturated carbocycles. The van der Waals surface area contributed by atoms with Crippen molar-refractivity contribution in [2.45, 2.75) is 6.42 Å². The zero-order chi connectivity index (χ0) is 25.8. The lowest BCUT2D eigenvalue weighted by atomic mass is 10.1. The van der Waals surface area contributed by atoms with Crippen LogP contribution in [0.15, 0.2) is 48.5 Å². The van der Waals surface area contributed by atoms with Crippen LogP contribution in [0.25, 0.3) is 0 Å². The molecule has 13 nitrogen and oxygen atoms in total. The molecule has 5 amide bonds. The van der Waals surface area contributed by atoms with Crippen LogP contribution in [-0.4, -0.2) is 60.6 Å². The molecule has 0 aliphatic rings. The Morgan fingerprint density at radius 1 is 0.629 bits per heavy atom. The normalized spacial score (nSPS) is 9.97. The van der Waals surface area contributed by atoms with Gasteiger partial charge in [-0.3, -0.25) is 28.8 Å². The predicted molar refractivity (Wildman–Crippen MR) is 122 cm³/mol. The number of nitrogens with two attached hydrogens (primary N) is 1. The van der Waals surface area contributed by atoms with Crippen LogP contribution < -0.4 is 32.3 Å². The topological polar surface area (TPSA) is 209 Å². The van der Waals surface area contributed by atoms with Gasteiger partial charge in [0.15, 0.2) is 0 Å². The van der Waals surface area contributed by atoms with E-state index in [1.807, 2.05) is 0 Å². The van der Waals surface area contributed by atoms with Crippen molar-refractivity contribution in [1.29, 1.82) is 0 Å². The molecule has 0 heterocycles. The maximum Gasteiger partial charge on any atom is 0.312 e. The molecule has 35 heavy (non-hydrogen) atoms. The van der Waals surface area contributed by atoms with E-state index in [-0.39, 0.29) is 42.6 Å². The van der Waals surface area contributed by atoms with Gasteiger partial charge in [-0.1, -0.05) is 6.07 Å². The minimum Gasteiger partial charge on any atom is -0.481 e. The average molecular weight is 484 g/mol. The van der Waals surface area contributed by atoms with E-state index in [9.17, 15) is 28.8 Å². The Balaban J connectivity index is 1.83. The number of rotatable bonds is 11. The molecule has 0 aliphatic heterocycles. The minimum atomic E-state index is -1.30. The number of amides is 5. The predicted octanol–water partition coefficient (Wildman–Crippen LogP) is -1.27. The maximum atomic E-state index is 12.4. The third kappa shape index (κ3) is 8.58. The molecule has 0 aliphatic carbocycles. The van der Waals surface area contributed by atoms with Crippen molar-refractivity contribution in [3.05, 3.63) is 70.8 Å². The lowest BCUT2D eigenvalue weighted by Crippen LogP contribution is -2.38. The van der Waals surface area contributed by atoms with Gasteiger partial charge in [-0.15, -0.1) is 0 Å². The smallest absolute Gasteiger partial charge is 0.312 e. The van der Waals surface area contributed by atoms with Crippen LogP contribution in [0, 0.1) is 0 Å². The van der Waals surface area contributed by atoms with E-state index in [0.717, 1.165) is 0 Å². The molecule has 0 radical (unpaired) electrons. The Bertz CT molecular complexity index is 1120. The van der Waals surface area contributed by atoms with Crippen molar-refractivity contribution in [2.24, 2.45) is 5.73 Å². The molecule has 2 rings (SSSR count). The second-order valence-corrected chi connectivity index (χ2v) is 6.91. The molecule has 0 spiro atoms. The fraction of sp³-hybridized carbons (Fsp3) is 0.182. The standard InChI is InChI=1S/C22H24N6O7/c23-10-24-19(32)13-4-6-14(7-5-13)20(33)27-12-28-22(35)16-3-1-2-15(8-16)21(34)26-11-25-17(29)9-18(30)31/h1-8H,9-12,23H2,(H,24,32)(H,25,29)(H,26,34)(H,27,33)(H,28,35)(H,30,31). The van der Waals surface area contributed by atoms with Gasteiger partial charge in [-0.25, -0.2) is 0 Å². The summed E-state index contributed by atoms with van der Waals surface area (Å²) < 4.78 is 0. The lowest BCUT2D eigenvalue weighted by molar-refractivity contribution is -0.140. The lowest BCUT2D eigenvalue weighted by Gasteiger charge is -2.10. The maximum absolute atomic E-state index is 12.4. The number of carbonyl (C=O) groups is 6. The summed E-state index contributed by atoms with van der Waals surface area (Å²) in [7, 11) is 0. The molecule has 2 aromatic rings. The first-order valence-corrected chi connectivity index (χ1v) is 10.2. The quantitative estimate of drug-likeness (QED) is 0.151. The van der Waals surface area contributed by atoms with Crippen molar-refractivity contribution in [3.8, 4) is 0 Å². The molecular weight excluding hydrogens is 460 g/mol. The van der Waals surface area contributed by atoms with Crippen molar-refractivity contribution in [1.82, 2.24) is 26.6 Å². The van der Waals surface area contributed by atoms with Gasteiger partial charge in [0.2, 0.25) is 5.91 Å². The third-order valence-electron chi connectivity index (χ3n) is 4.40. The average Bonchev–Trinajstić information content (AvgIpc) is 2.83. The van der Waals surface area contributed by atoms with Crippen LogP contribution in [0.3, 0.4) is 0 Å². The van der Waals surface area contributed by atoms with E-state index in [2.05, 4.69) is 26.6 Å². The van der Waals surface area contributed by atoms with Crippen LogP contribution in [0.4, 0.5) is 0 Å². The van der Waals surface area contributed by atoms with Crippen molar-refractivity contribution in [3.63, 3.8) is 0 Å². The molecule has 0 atom stereocenters. The summed E-state index contributed by atoms with van der Waals surface area (Å²) in [5.74, 6) is -4.05. The third-order valence-corrected chi connectivity index (χ3v) is 4.40. The van der Waals surface area contributed by atoms with E-state index in [1.165, 1.54) is 48.5 Å². The van der Waals surface area contributed by atoms with Gasteiger partial charge in [0.05, 0.1) is 20.0 Å². The zero-order valence-corrected chi connectivity index (χ0v) is 18.4. The minimum absolute atomic E-state index is 0.0127. The Labute approximate surface area is 199 Å². The van der Waals surface area contributed by atoms with Gasteiger partial charge in [-0.2, -0.15) is 0 Å². The van der Waals surface area contributed by atoms with Crippen LogP contribution in [-0.2, 0) is 9.59 Å². The molecule has 0 bridgehead atoms. The highest BCUT2D eigenvalue weighted by Crippen LogP contribution is 2.06. The number of hydrogen-bond acceptors (Lipinski definition) is 7. The van der Waals surface area contributed by atoms with E-state index < -0.39 is 36.0 Å². The number of aliphatic carboxylic acids is 1. The summed E-state index contributed by atoms with van der Waals surface area (Å²) in [5.41, 5.74) is 6.15. The van der Waals surface area contributed by atoms with Crippen LogP contribution in [0.5, 0.6) is 0 Å². The fourth-order valence-electron chi connectivity index (χ4n) is 2.70. The molecule has 2 aromatic carbocycles. The second kappa shape index (κ2) is 13.1. The number of carboxylic acid groups (broad SMARTS) is 1. The molecule has 13 heteroatoms. The number of carbonyl (C=O) groups excluding carboxylic acids is 5. The molecule has 0 fully saturated rings. The van der Waals surface area contributed by atoms with Crippen molar-refractivity contribution >= 4 is 35.5 Å². The Kier molecular flexibility index (Phi) is 9.87. The second-order valence-electron chi connectivity index (χ2n) is 6.91. The van der Waals surface area contributed by atoms with Crippen LogP contribution in [0.2, 0.25) is 0 Å². The molecular formula is C22H24N6O7. The number of nitrogens with one attached hydrogen (secondary N) is 5. The Morgan fingerprint density at radius 2 is 1.06 bits per heavy atom. The number of carboxylic acids is 1. The van der Waals surface area contributed by atoms with Gasteiger partial charge >= 0.3 is 5.97 Å². The van der Waals surface area contributed by atoms with Gasteiger partial charge in [0, 0.05) is 22.3 Å². The summed E-state index contributed by atoms with van der Waals surface area (Å²) in [5, 5.41) is 20.6. The van der Waals surface area contributed by atoms with E-state index in [1.54, 1.807) is 0 Å². The van der Waals surface area contributed by atoms with Gasteiger partial charge in [0.1, 0.15) is 6.42 Å². The van der Waals surface area contributed by atoms with Crippen molar-refractivity contribution in [2.75, 3.05) is 20.0 Å². The highest BCUT2D eigenvalue weighted by molar-refractivity contribution is 6.00.